The first kappa shape index (κ1) is 24.2. The maximum atomic E-state index is 13.8. The van der Waals surface area contributed by atoms with Crippen LogP contribution in [0.15, 0.2) is 66.1 Å². The first-order chi connectivity index (χ1) is 17.0. The zero-order valence-electron chi connectivity index (χ0n) is 18.6. The molecular formula is C23H18Cl2N6O4S. The Morgan fingerprint density at radius 1 is 0.972 bits per heavy atom. The largest absolute Gasteiger partial charge is 0.368 e. The molecule has 2 aromatic heterocycles. The fraction of sp³-hybridized carbons (Fsp3) is 0.130. The molecular weight excluding hydrogens is 527 g/mol. The maximum absolute atomic E-state index is 13.8. The van der Waals surface area contributed by atoms with Crippen molar-refractivity contribution in [1.82, 2.24) is 19.5 Å². The minimum absolute atomic E-state index is 0.0177. The third-order valence-corrected chi connectivity index (χ3v) is 7.20. The second-order valence-electron chi connectivity index (χ2n) is 8.45. The Morgan fingerprint density at radius 2 is 1.58 bits per heavy atom. The molecule has 5 rings (SSSR count). The minimum Gasteiger partial charge on any atom is -0.368 e. The molecule has 1 aliphatic rings. The molecule has 0 unspecified atom stereocenters. The Hall–Kier alpha value is -3.51. The molecule has 0 saturated heterocycles. The number of rotatable bonds is 5. The predicted octanol–water partition coefficient (Wildman–Crippen LogP) is 4.11. The molecule has 0 saturated carbocycles. The summed E-state index contributed by atoms with van der Waals surface area (Å²) in [4.78, 5) is 27.2. The van der Waals surface area contributed by atoms with Crippen LogP contribution in [0.5, 0.6) is 0 Å². The number of fused-ring (bicyclic) bond motifs is 1. The standard InChI is InChI=1S/C23H18Cl2N6O4S/c1-23(9-13-2-4-14(5-3-13)15-10-27-21(26)28-11-15)20(32)30(18-7-16(24)6-17(25)8-18)22-29-12-19(31(22)23)36(33,34)35/h2-8,10-12H,9H2,1H3,(H2,26,27,28)(H,33,34,35)/t23-/m1/s1. The molecule has 0 fully saturated rings. The molecule has 4 aromatic rings. The van der Waals surface area contributed by atoms with Gasteiger partial charge >= 0.3 is 10.1 Å². The van der Waals surface area contributed by atoms with Gasteiger partial charge in [-0.15, -0.1) is 0 Å². The van der Waals surface area contributed by atoms with Crippen LogP contribution in [0, 0.1) is 0 Å². The average Bonchev–Trinajstić information content (AvgIpc) is 3.33. The fourth-order valence-corrected chi connectivity index (χ4v) is 5.53. The highest BCUT2D eigenvalue weighted by Crippen LogP contribution is 2.44. The monoisotopic (exact) mass is 544 g/mol. The number of nitrogens with two attached hydrogens (primary N) is 1. The zero-order valence-corrected chi connectivity index (χ0v) is 21.0. The number of carbonyl (C=O) groups excluding carboxylic acids is 1. The van der Waals surface area contributed by atoms with Crippen molar-refractivity contribution in [1.29, 1.82) is 0 Å². The van der Waals surface area contributed by atoms with E-state index in [2.05, 4.69) is 15.0 Å². The molecule has 0 bridgehead atoms. The smallest absolute Gasteiger partial charge is 0.312 e. The van der Waals surface area contributed by atoms with E-state index in [1.807, 2.05) is 24.3 Å². The summed E-state index contributed by atoms with van der Waals surface area (Å²) in [5.74, 6) is -0.284. The number of halogens is 2. The van der Waals surface area contributed by atoms with Gasteiger partial charge in [0, 0.05) is 34.4 Å². The number of imidazole rings is 1. The first-order valence-corrected chi connectivity index (χ1v) is 12.7. The highest BCUT2D eigenvalue weighted by molar-refractivity contribution is 7.85. The summed E-state index contributed by atoms with van der Waals surface area (Å²) in [5.41, 5.74) is 6.74. The number of carbonyl (C=O) groups is 1. The maximum Gasteiger partial charge on any atom is 0.312 e. The van der Waals surface area contributed by atoms with E-state index in [1.54, 1.807) is 19.3 Å². The molecule has 184 valence electrons. The number of benzene rings is 2. The van der Waals surface area contributed by atoms with Gasteiger partial charge in [0.1, 0.15) is 5.54 Å². The zero-order chi connectivity index (χ0) is 25.8. The molecule has 1 amide bonds. The summed E-state index contributed by atoms with van der Waals surface area (Å²) < 4.78 is 35.5. The van der Waals surface area contributed by atoms with Gasteiger partial charge in [0.25, 0.3) is 5.91 Å². The number of anilines is 3. The van der Waals surface area contributed by atoms with E-state index in [0.29, 0.717) is 5.69 Å². The summed E-state index contributed by atoms with van der Waals surface area (Å²) in [5, 5.41) is 0.0723. The lowest BCUT2D eigenvalue weighted by Gasteiger charge is -2.26. The molecule has 1 aliphatic heterocycles. The molecule has 0 spiro atoms. The Balaban J connectivity index is 1.58. The van der Waals surface area contributed by atoms with Crippen LogP contribution in [-0.4, -0.2) is 38.4 Å². The van der Waals surface area contributed by atoms with Gasteiger partial charge < -0.3 is 5.73 Å². The van der Waals surface area contributed by atoms with Crippen LogP contribution in [0.25, 0.3) is 11.1 Å². The van der Waals surface area contributed by atoms with Crippen molar-refractivity contribution in [2.45, 2.75) is 23.9 Å². The van der Waals surface area contributed by atoms with Crippen molar-refractivity contribution in [3.05, 3.63) is 76.7 Å². The molecule has 3 heterocycles. The van der Waals surface area contributed by atoms with E-state index in [9.17, 15) is 17.8 Å². The summed E-state index contributed by atoms with van der Waals surface area (Å²) in [6.07, 6.45) is 4.31. The molecule has 2 aromatic carbocycles. The number of amides is 1. The summed E-state index contributed by atoms with van der Waals surface area (Å²) >= 11 is 12.3. The van der Waals surface area contributed by atoms with Crippen LogP contribution < -0.4 is 10.6 Å². The van der Waals surface area contributed by atoms with Gasteiger partial charge in [-0.1, -0.05) is 47.5 Å². The van der Waals surface area contributed by atoms with Crippen LogP contribution in [0.1, 0.15) is 12.5 Å². The summed E-state index contributed by atoms with van der Waals surface area (Å²) in [6, 6.07) is 11.8. The third kappa shape index (κ3) is 4.09. The molecule has 0 radical (unpaired) electrons. The van der Waals surface area contributed by atoms with Crippen molar-refractivity contribution in [3.63, 3.8) is 0 Å². The minimum atomic E-state index is -4.69. The normalized spacial score (nSPS) is 17.4. The number of nitrogen functional groups attached to an aromatic ring is 1. The second-order valence-corrected chi connectivity index (χ2v) is 10.7. The first-order valence-electron chi connectivity index (χ1n) is 10.5. The Morgan fingerprint density at radius 3 is 2.17 bits per heavy atom. The van der Waals surface area contributed by atoms with Crippen molar-refractivity contribution in [2.24, 2.45) is 0 Å². The van der Waals surface area contributed by atoms with Crippen LogP contribution >= 0.6 is 23.2 Å². The summed E-state index contributed by atoms with van der Waals surface area (Å²) in [6.45, 7) is 1.59. The van der Waals surface area contributed by atoms with E-state index in [-0.39, 0.29) is 28.4 Å². The number of nitrogens with zero attached hydrogens (tertiary/aromatic N) is 5. The van der Waals surface area contributed by atoms with Crippen molar-refractivity contribution in [2.75, 3.05) is 10.6 Å². The van der Waals surface area contributed by atoms with E-state index < -0.39 is 26.6 Å². The molecule has 13 heteroatoms. The third-order valence-electron chi connectivity index (χ3n) is 5.95. The van der Waals surface area contributed by atoms with Gasteiger partial charge in [-0.2, -0.15) is 8.42 Å². The SMILES string of the molecule is C[C@@]1(Cc2ccc(-c3cnc(N)nc3)cc2)C(=O)N(c2cc(Cl)cc(Cl)c2)c2ncc(S(=O)(=O)O)n21. The van der Waals surface area contributed by atoms with Crippen molar-refractivity contribution < 1.29 is 17.8 Å². The fourth-order valence-electron chi connectivity index (χ4n) is 4.31. The lowest BCUT2D eigenvalue weighted by atomic mass is 9.91. The Kier molecular flexibility index (Phi) is 5.75. The lowest BCUT2D eigenvalue weighted by molar-refractivity contribution is -0.124. The van der Waals surface area contributed by atoms with Crippen LogP contribution in [0.2, 0.25) is 10.0 Å². The second kappa shape index (κ2) is 8.56. The Labute approximate surface area is 216 Å². The summed E-state index contributed by atoms with van der Waals surface area (Å²) in [7, 11) is -4.69. The quantitative estimate of drug-likeness (QED) is 0.357. The molecule has 1 atom stereocenters. The topological polar surface area (TPSA) is 144 Å². The van der Waals surface area contributed by atoms with Crippen molar-refractivity contribution >= 4 is 56.8 Å². The van der Waals surface area contributed by atoms with Gasteiger partial charge in [0.05, 0.1) is 11.9 Å². The van der Waals surface area contributed by atoms with Gasteiger partial charge in [-0.05, 0) is 36.2 Å². The van der Waals surface area contributed by atoms with Crippen LogP contribution in [0.4, 0.5) is 17.6 Å². The van der Waals surface area contributed by atoms with Gasteiger partial charge in [0.2, 0.25) is 11.9 Å². The van der Waals surface area contributed by atoms with E-state index in [4.69, 9.17) is 28.9 Å². The Bertz CT molecular complexity index is 1590. The lowest BCUT2D eigenvalue weighted by Crippen LogP contribution is -2.41. The highest BCUT2D eigenvalue weighted by atomic mass is 35.5. The number of hydrogen-bond donors (Lipinski definition) is 2. The number of hydrogen-bond acceptors (Lipinski definition) is 7. The molecule has 36 heavy (non-hydrogen) atoms. The van der Waals surface area contributed by atoms with E-state index >= 15 is 0 Å². The van der Waals surface area contributed by atoms with Crippen LogP contribution in [-0.2, 0) is 26.9 Å². The molecule has 3 N–H and O–H groups in total. The van der Waals surface area contributed by atoms with Gasteiger partial charge in [0.15, 0.2) is 5.03 Å². The molecule has 0 aliphatic carbocycles. The van der Waals surface area contributed by atoms with Crippen molar-refractivity contribution in [3.8, 4) is 11.1 Å². The average molecular weight is 545 g/mol. The molecule has 10 nitrogen and oxygen atoms in total. The predicted molar refractivity (Wildman–Crippen MR) is 135 cm³/mol. The number of aromatic nitrogens is 4. The van der Waals surface area contributed by atoms with E-state index in [0.717, 1.165) is 22.9 Å². The van der Waals surface area contributed by atoms with E-state index in [1.165, 1.54) is 27.7 Å². The van der Waals surface area contributed by atoms with Gasteiger partial charge in [-0.25, -0.2) is 19.9 Å². The highest BCUT2D eigenvalue weighted by Gasteiger charge is 2.51. The van der Waals surface area contributed by atoms with Gasteiger partial charge in [-0.3, -0.25) is 13.9 Å². The van der Waals surface area contributed by atoms with Crippen LogP contribution in [0.3, 0.4) is 0 Å².